The standard InChI is InChI=1S/C18H17F3N2O4S/c1-3-14(17(26)27-2)23-16(25)11-6-12(18(19,20)21)8-13(7-11)22-15(24)10-4-5-28-9-10/h4-9,14H,3H2,1-2H3,(H,22,24)(H,23,25). The van der Waals surface area contributed by atoms with Gasteiger partial charge in [0.05, 0.1) is 18.2 Å². The minimum atomic E-state index is -4.73. The predicted octanol–water partition coefficient (Wildman–Crippen LogP) is 3.70. The van der Waals surface area contributed by atoms with E-state index in [-0.39, 0.29) is 23.2 Å². The maximum absolute atomic E-state index is 13.2. The van der Waals surface area contributed by atoms with E-state index in [4.69, 9.17) is 0 Å². The Labute approximate surface area is 162 Å². The number of halogens is 3. The molecule has 0 fully saturated rings. The van der Waals surface area contributed by atoms with Crippen LogP contribution in [0, 0.1) is 0 Å². The molecule has 0 saturated heterocycles. The Morgan fingerprint density at radius 1 is 1.14 bits per heavy atom. The molecule has 0 aliphatic heterocycles. The molecule has 0 aliphatic rings. The highest BCUT2D eigenvalue weighted by molar-refractivity contribution is 7.08. The van der Waals surface area contributed by atoms with Crippen LogP contribution in [0.25, 0.3) is 0 Å². The van der Waals surface area contributed by atoms with Crippen molar-refractivity contribution >= 4 is 34.8 Å². The second kappa shape index (κ2) is 8.87. The second-order valence-corrected chi connectivity index (χ2v) is 6.50. The molecule has 2 amide bonds. The highest BCUT2D eigenvalue weighted by atomic mass is 32.1. The van der Waals surface area contributed by atoms with Crippen LogP contribution in [0.5, 0.6) is 0 Å². The van der Waals surface area contributed by atoms with E-state index in [1.54, 1.807) is 17.7 Å². The second-order valence-electron chi connectivity index (χ2n) is 5.72. The highest BCUT2D eigenvalue weighted by Crippen LogP contribution is 2.32. The zero-order valence-corrected chi connectivity index (χ0v) is 15.7. The summed E-state index contributed by atoms with van der Waals surface area (Å²) in [6.45, 7) is 1.61. The van der Waals surface area contributed by atoms with Gasteiger partial charge in [-0.1, -0.05) is 6.92 Å². The van der Waals surface area contributed by atoms with Gasteiger partial charge in [-0.25, -0.2) is 4.79 Å². The number of rotatable bonds is 6. The molecule has 6 nitrogen and oxygen atoms in total. The quantitative estimate of drug-likeness (QED) is 0.706. The first-order valence-corrected chi connectivity index (χ1v) is 9.04. The molecule has 150 valence electrons. The fraction of sp³-hybridized carbons (Fsp3) is 0.278. The number of nitrogens with one attached hydrogen (secondary N) is 2. The lowest BCUT2D eigenvalue weighted by molar-refractivity contribution is -0.143. The molecule has 0 spiro atoms. The summed E-state index contributed by atoms with van der Waals surface area (Å²) >= 11 is 1.26. The molecule has 1 aromatic carbocycles. The average molecular weight is 414 g/mol. The third-order valence-electron chi connectivity index (χ3n) is 3.76. The number of anilines is 1. The van der Waals surface area contributed by atoms with E-state index in [2.05, 4.69) is 15.4 Å². The molecule has 0 aliphatic carbocycles. The van der Waals surface area contributed by atoms with Crippen LogP contribution in [0.2, 0.25) is 0 Å². The normalized spacial score (nSPS) is 12.2. The Morgan fingerprint density at radius 3 is 2.39 bits per heavy atom. The van der Waals surface area contributed by atoms with Crippen LogP contribution in [0.1, 0.15) is 39.6 Å². The molecule has 28 heavy (non-hydrogen) atoms. The first kappa shape index (κ1) is 21.4. The molecule has 10 heteroatoms. The highest BCUT2D eigenvalue weighted by Gasteiger charge is 2.32. The minimum absolute atomic E-state index is 0.192. The molecule has 0 saturated carbocycles. The maximum atomic E-state index is 13.2. The van der Waals surface area contributed by atoms with Crippen molar-refractivity contribution < 1.29 is 32.3 Å². The largest absolute Gasteiger partial charge is 0.467 e. The number of thiophene rings is 1. The molecular formula is C18H17F3N2O4S. The fourth-order valence-electron chi connectivity index (χ4n) is 2.30. The number of amides is 2. The van der Waals surface area contributed by atoms with E-state index in [1.807, 2.05) is 0 Å². The molecule has 2 N–H and O–H groups in total. The van der Waals surface area contributed by atoms with Gasteiger partial charge in [0.1, 0.15) is 6.04 Å². The molecule has 2 rings (SSSR count). The van der Waals surface area contributed by atoms with E-state index in [1.165, 1.54) is 17.4 Å². The van der Waals surface area contributed by atoms with Crippen molar-refractivity contribution in [2.24, 2.45) is 0 Å². The monoisotopic (exact) mass is 414 g/mol. The molecule has 1 aromatic heterocycles. The van der Waals surface area contributed by atoms with Crippen molar-refractivity contribution in [3.05, 3.63) is 51.7 Å². The Kier molecular flexibility index (Phi) is 6.79. The van der Waals surface area contributed by atoms with E-state index >= 15 is 0 Å². The van der Waals surface area contributed by atoms with Crippen molar-refractivity contribution in [2.45, 2.75) is 25.6 Å². The van der Waals surface area contributed by atoms with Gasteiger partial charge in [0.2, 0.25) is 0 Å². The van der Waals surface area contributed by atoms with Gasteiger partial charge in [0, 0.05) is 16.6 Å². The van der Waals surface area contributed by atoms with Gasteiger partial charge in [-0.05, 0) is 36.1 Å². The van der Waals surface area contributed by atoms with Crippen LogP contribution in [-0.4, -0.2) is 30.9 Å². The first-order valence-electron chi connectivity index (χ1n) is 8.10. The van der Waals surface area contributed by atoms with Crippen LogP contribution in [0.15, 0.2) is 35.0 Å². The smallest absolute Gasteiger partial charge is 0.416 e. The fourth-order valence-corrected chi connectivity index (χ4v) is 2.94. The van der Waals surface area contributed by atoms with Crippen molar-refractivity contribution in [3.63, 3.8) is 0 Å². The third-order valence-corrected chi connectivity index (χ3v) is 4.45. The number of benzene rings is 1. The van der Waals surface area contributed by atoms with Crippen molar-refractivity contribution in [2.75, 3.05) is 12.4 Å². The topological polar surface area (TPSA) is 84.5 Å². The first-order chi connectivity index (χ1) is 13.2. The molecule has 0 radical (unpaired) electrons. The van der Waals surface area contributed by atoms with Gasteiger partial charge in [0.25, 0.3) is 11.8 Å². The summed E-state index contributed by atoms with van der Waals surface area (Å²) in [4.78, 5) is 36.1. The van der Waals surface area contributed by atoms with E-state index < -0.39 is 35.6 Å². The van der Waals surface area contributed by atoms with Crippen LogP contribution in [-0.2, 0) is 15.7 Å². The summed E-state index contributed by atoms with van der Waals surface area (Å²) in [6.07, 6.45) is -4.54. The van der Waals surface area contributed by atoms with Crippen molar-refractivity contribution in [1.82, 2.24) is 5.32 Å². The molecule has 1 unspecified atom stereocenters. The summed E-state index contributed by atoms with van der Waals surface area (Å²) in [5.41, 5.74) is -1.36. The van der Waals surface area contributed by atoms with Gasteiger partial charge in [-0.2, -0.15) is 24.5 Å². The lowest BCUT2D eigenvalue weighted by atomic mass is 10.1. The Bertz CT molecular complexity index is 866. The third kappa shape index (κ3) is 5.32. The summed E-state index contributed by atoms with van der Waals surface area (Å²) in [5, 5.41) is 7.87. The number of carbonyl (C=O) groups excluding carboxylic acids is 3. The Hall–Kier alpha value is -2.88. The Morgan fingerprint density at radius 2 is 1.86 bits per heavy atom. The van der Waals surface area contributed by atoms with Crippen molar-refractivity contribution in [1.29, 1.82) is 0 Å². The van der Waals surface area contributed by atoms with Crippen LogP contribution < -0.4 is 10.6 Å². The SMILES string of the molecule is CCC(NC(=O)c1cc(NC(=O)c2ccsc2)cc(C(F)(F)F)c1)C(=O)OC. The summed E-state index contributed by atoms with van der Waals surface area (Å²) in [7, 11) is 1.14. The number of carbonyl (C=O) groups is 3. The Balaban J connectivity index is 2.33. The zero-order valence-electron chi connectivity index (χ0n) is 14.9. The lowest BCUT2D eigenvalue weighted by Gasteiger charge is -2.16. The van der Waals surface area contributed by atoms with Crippen molar-refractivity contribution in [3.8, 4) is 0 Å². The van der Waals surface area contributed by atoms with Gasteiger partial charge in [-0.3, -0.25) is 9.59 Å². The molecule has 1 heterocycles. The number of methoxy groups -OCH3 is 1. The number of hydrogen-bond acceptors (Lipinski definition) is 5. The van der Waals surface area contributed by atoms with Crippen LogP contribution >= 0.6 is 11.3 Å². The number of ether oxygens (including phenoxy) is 1. The van der Waals surface area contributed by atoms with Crippen LogP contribution in [0.3, 0.4) is 0 Å². The summed E-state index contributed by atoms with van der Waals surface area (Å²) < 4.78 is 44.2. The molecule has 0 bridgehead atoms. The summed E-state index contributed by atoms with van der Waals surface area (Å²) in [6, 6.07) is 3.01. The minimum Gasteiger partial charge on any atom is -0.467 e. The predicted molar refractivity (Wildman–Crippen MR) is 97.3 cm³/mol. The molecular weight excluding hydrogens is 397 g/mol. The van der Waals surface area contributed by atoms with Gasteiger partial charge >= 0.3 is 12.1 Å². The number of alkyl halides is 3. The molecule has 1 atom stereocenters. The number of hydrogen-bond donors (Lipinski definition) is 2. The van der Waals surface area contributed by atoms with Gasteiger partial charge < -0.3 is 15.4 Å². The van der Waals surface area contributed by atoms with E-state index in [9.17, 15) is 27.6 Å². The summed E-state index contributed by atoms with van der Waals surface area (Å²) in [5.74, 6) is -2.21. The maximum Gasteiger partial charge on any atom is 0.416 e. The lowest BCUT2D eigenvalue weighted by Crippen LogP contribution is -2.41. The average Bonchev–Trinajstić information content (AvgIpc) is 3.19. The van der Waals surface area contributed by atoms with Gasteiger partial charge in [-0.15, -0.1) is 0 Å². The number of esters is 1. The molecule has 2 aromatic rings. The van der Waals surface area contributed by atoms with Gasteiger partial charge in [0.15, 0.2) is 0 Å². The van der Waals surface area contributed by atoms with E-state index in [0.29, 0.717) is 6.07 Å². The van der Waals surface area contributed by atoms with Crippen LogP contribution in [0.4, 0.5) is 18.9 Å². The zero-order chi connectivity index (χ0) is 20.9. The van der Waals surface area contributed by atoms with E-state index in [0.717, 1.165) is 19.2 Å².